The van der Waals surface area contributed by atoms with Gasteiger partial charge in [-0.05, 0) is 11.6 Å². The van der Waals surface area contributed by atoms with Gasteiger partial charge in [0.05, 0.1) is 0 Å². The maximum atomic E-state index is 12.7. The highest BCUT2D eigenvalue weighted by Crippen LogP contribution is 2.20. The highest BCUT2D eigenvalue weighted by molar-refractivity contribution is 6.65. The van der Waals surface area contributed by atoms with Gasteiger partial charge in [-0.3, -0.25) is 4.79 Å². The molecule has 1 rings (SSSR count). The van der Waals surface area contributed by atoms with Crippen molar-refractivity contribution in [2.24, 2.45) is 0 Å². The summed E-state index contributed by atoms with van der Waals surface area (Å²) in [4.78, 5) is 10.2. The van der Waals surface area contributed by atoms with Gasteiger partial charge >= 0.3 is 5.37 Å². The molecular weight excluding hydrogens is 207 g/mol. The average molecular weight is 210 g/mol. The molecule has 1 aromatic carbocycles. The fraction of sp³-hybridized carbons (Fsp3) is 0. The average Bonchev–Trinajstić information content (AvgIpc) is 1.96. The molecule has 0 aliphatic heterocycles. The summed E-state index contributed by atoms with van der Waals surface area (Å²) in [6.07, 6.45) is 0. The van der Waals surface area contributed by atoms with E-state index in [9.17, 15) is 18.0 Å². The van der Waals surface area contributed by atoms with Crippen LogP contribution in [-0.4, -0.2) is 5.37 Å². The van der Waals surface area contributed by atoms with Crippen LogP contribution in [0.25, 0.3) is 0 Å². The lowest BCUT2D eigenvalue weighted by atomic mass is 10.3. The van der Waals surface area contributed by atoms with Gasteiger partial charge in [-0.25, -0.2) is 13.2 Å². The molecule has 0 aliphatic carbocycles. The zero-order chi connectivity index (χ0) is 10.0. The molecule has 0 aromatic heterocycles. The number of halogens is 4. The van der Waals surface area contributed by atoms with Crippen molar-refractivity contribution >= 4 is 22.7 Å². The SMILES string of the molecule is O=C(Cl)Nc1c(F)cc(F)cc1F. The lowest BCUT2D eigenvalue weighted by Crippen LogP contribution is -2.06. The van der Waals surface area contributed by atoms with Crippen molar-refractivity contribution < 1.29 is 18.0 Å². The number of hydrogen-bond acceptors (Lipinski definition) is 1. The summed E-state index contributed by atoms with van der Waals surface area (Å²) < 4.78 is 37.8. The van der Waals surface area contributed by atoms with Gasteiger partial charge in [-0.2, -0.15) is 0 Å². The third-order valence-electron chi connectivity index (χ3n) is 1.23. The van der Waals surface area contributed by atoms with E-state index in [0.717, 1.165) is 0 Å². The predicted molar refractivity (Wildman–Crippen MR) is 41.2 cm³/mol. The van der Waals surface area contributed by atoms with Crippen LogP contribution < -0.4 is 5.32 Å². The van der Waals surface area contributed by atoms with Crippen LogP contribution in [0.15, 0.2) is 12.1 Å². The molecule has 1 aromatic rings. The number of amides is 1. The van der Waals surface area contributed by atoms with Crippen molar-refractivity contribution in [3.05, 3.63) is 29.6 Å². The molecule has 2 nitrogen and oxygen atoms in total. The van der Waals surface area contributed by atoms with Crippen LogP contribution in [0.1, 0.15) is 0 Å². The topological polar surface area (TPSA) is 29.1 Å². The smallest absolute Gasteiger partial charge is 0.307 e. The van der Waals surface area contributed by atoms with E-state index in [1.165, 1.54) is 0 Å². The number of hydrogen-bond donors (Lipinski definition) is 1. The van der Waals surface area contributed by atoms with E-state index in [1.54, 1.807) is 5.32 Å². The molecule has 0 heterocycles. The maximum absolute atomic E-state index is 12.7. The van der Waals surface area contributed by atoms with Gasteiger partial charge in [0.25, 0.3) is 0 Å². The van der Waals surface area contributed by atoms with Crippen molar-refractivity contribution in [2.75, 3.05) is 5.32 Å². The Morgan fingerprint density at radius 2 is 1.69 bits per heavy atom. The first-order valence-electron chi connectivity index (χ1n) is 3.11. The van der Waals surface area contributed by atoms with Gasteiger partial charge < -0.3 is 5.32 Å². The summed E-state index contributed by atoms with van der Waals surface area (Å²) in [6.45, 7) is 0. The van der Waals surface area contributed by atoms with E-state index >= 15 is 0 Å². The fourth-order valence-electron chi connectivity index (χ4n) is 0.760. The van der Waals surface area contributed by atoms with Crippen molar-refractivity contribution in [2.45, 2.75) is 0 Å². The summed E-state index contributed by atoms with van der Waals surface area (Å²) in [7, 11) is 0. The van der Waals surface area contributed by atoms with Crippen molar-refractivity contribution in [1.82, 2.24) is 0 Å². The summed E-state index contributed by atoms with van der Waals surface area (Å²) in [6, 6.07) is 0.872. The number of benzene rings is 1. The van der Waals surface area contributed by atoms with Crippen LogP contribution in [0.5, 0.6) is 0 Å². The van der Waals surface area contributed by atoms with Gasteiger partial charge in [0.2, 0.25) is 0 Å². The minimum Gasteiger partial charge on any atom is -0.307 e. The number of carbonyl (C=O) groups excluding carboxylic acids is 1. The molecule has 0 fully saturated rings. The van der Waals surface area contributed by atoms with Gasteiger partial charge in [0.1, 0.15) is 11.5 Å². The Hall–Kier alpha value is -1.23. The Bertz CT molecular complexity index is 333. The second-order valence-corrected chi connectivity index (χ2v) is 2.49. The molecule has 0 bridgehead atoms. The molecule has 70 valence electrons. The molecule has 0 unspecified atom stereocenters. The van der Waals surface area contributed by atoms with Crippen molar-refractivity contribution in [3.8, 4) is 0 Å². The number of nitrogens with one attached hydrogen (secondary N) is 1. The van der Waals surface area contributed by atoms with E-state index in [1.807, 2.05) is 0 Å². The van der Waals surface area contributed by atoms with Gasteiger partial charge in [0.15, 0.2) is 11.6 Å². The van der Waals surface area contributed by atoms with Gasteiger partial charge in [-0.1, -0.05) is 0 Å². The molecule has 0 saturated heterocycles. The molecule has 1 amide bonds. The Morgan fingerprint density at radius 3 is 2.08 bits per heavy atom. The Morgan fingerprint density at radius 1 is 1.23 bits per heavy atom. The van der Waals surface area contributed by atoms with Crippen LogP contribution in [0.2, 0.25) is 0 Å². The predicted octanol–water partition coefficient (Wildman–Crippen LogP) is 2.87. The van der Waals surface area contributed by atoms with Crippen molar-refractivity contribution in [3.63, 3.8) is 0 Å². The fourth-order valence-corrected chi connectivity index (χ4v) is 0.854. The van der Waals surface area contributed by atoms with E-state index in [0.29, 0.717) is 12.1 Å². The molecule has 1 N–H and O–H groups in total. The molecule has 0 spiro atoms. The highest BCUT2D eigenvalue weighted by Gasteiger charge is 2.12. The van der Waals surface area contributed by atoms with E-state index in [2.05, 4.69) is 0 Å². The van der Waals surface area contributed by atoms with E-state index in [4.69, 9.17) is 11.6 Å². The molecule has 0 aliphatic rings. The number of rotatable bonds is 1. The van der Waals surface area contributed by atoms with Crippen LogP contribution >= 0.6 is 11.6 Å². The Labute approximate surface area is 76.3 Å². The van der Waals surface area contributed by atoms with Crippen LogP contribution in [-0.2, 0) is 0 Å². The normalized spacial score (nSPS) is 9.85. The maximum Gasteiger partial charge on any atom is 0.318 e. The molecule has 0 saturated carbocycles. The van der Waals surface area contributed by atoms with Crippen LogP contribution in [0, 0.1) is 17.5 Å². The minimum atomic E-state index is -1.22. The highest BCUT2D eigenvalue weighted by atomic mass is 35.5. The zero-order valence-corrected chi connectivity index (χ0v) is 6.83. The monoisotopic (exact) mass is 209 g/mol. The number of carbonyl (C=O) groups is 1. The second-order valence-electron chi connectivity index (χ2n) is 2.14. The van der Waals surface area contributed by atoms with Gasteiger partial charge in [0, 0.05) is 12.1 Å². The minimum absolute atomic E-state index is 0.436. The molecular formula is C7H3ClF3NO. The van der Waals surface area contributed by atoms with E-state index in [-0.39, 0.29) is 0 Å². The van der Waals surface area contributed by atoms with Gasteiger partial charge in [-0.15, -0.1) is 0 Å². The Kier molecular flexibility index (Phi) is 2.77. The first kappa shape index (κ1) is 9.85. The third kappa shape index (κ3) is 2.35. The third-order valence-corrected chi connectivity index (χ3v) is 1.32. The molecule has 0 radical (unpaired) electrons. The van der Waals surface area contributed by atoms with E-state index < -0.39 is 28.5 Å². The summed E-state index contributed by atoms with van der Waals surface area (Å²) in [5.41, 5.74) is -0.763. The standard InChI is InChI=1S/C7H3ClF3NO/c8-7(13)12-6-4(10)1-3(9)2-5(6)11/h1-2H,(H,12,13). The molecule has 6 heteroatoms. The lowest BCUT2D eigenvalue weighted by Gasteiger charge is -2.03. The first-order chi connectivity index (χ1) is 6.00. The van der Waals surface area contributed by atoms with Crippen LogP contribution in [0.4, 0.5) is 23.7 Å². The number of anilines is 1. The summed E-state index contributed by atoms with van der Waals surface area (Å²) in [5.74, 6) is -3.50. The molecule has 0 atom stereocenters. The first-order valence-corrected chi connectivity index (χ1v) is 3.49. The Balaban J connectivity index is 3.13. The quantitative estimate of drug-likeness (QED) is 0.559. The lowest BCUT2D eigenvalue weighted by molar-refractivity contribution is 0.268. The summed E-state index contributed by atoms with van der Waals surface area (Å²) in [5, 5.41) is 0.530. The van der Waals surface area contributed by atoms with Crippen molar-refractivity contribution in [1.29, 1.82) is 0 Å². The summed E-state index contributed by atoms with van der Waals surface area (Å²) >= 11 is 4.82. The van der Waals surface area contributed by atoms with Crippen LogP contribution in [0.3, 0.4) is 0 Å². The zero-order valence-electron chi connectivity index (χ0n) is 6.07. The molecule has 13 heavy (non-hydrogen) atoms. The largest absolute Gasteiger partial charge is 0.318 e. The second kappa shape index (κ2) is 3.66.